The second-order valence-corrected chi connectivity index (χ2v) is 7.26. The molecule has 1 N–H and O–H groups in total. The van der Waals surface area contributed by atoms with Crippen LogP contribution in [0.5, 0.6) is 0 Å². The van der Waals surface area contributed by atoms with E-state index in [1.54, 1.807) is 0 Å². The second-order valence-electron chi connectivity index (χ2n) is 7.26. The Hall–Kier alpha value is -1.65. The molecule has 2 aliphatic rings. The summed E-state index contributed by atoms with van der Waals surface area (Å²) < 4.78 is 11.0. The average molecular weight is 511 g/mol. The average Bonchev–Trinajstić information content (AvgIpc) is 3.43. The maximum Gasteiger partial charge on any atom is 0.194 e. The van der Waals surface area contributed by atoms with E-state index in [0.29, 0.717) is 12.6 Å². The maximum atomic E-state index is 5.49. The van der Waals surface area contributed by atoms with Crippen LogP contribution < -0.4 is 5.32 Å². The molecular weight excluding hydrogens is 481 g/mol. The molecule has 2 saturated heterocycles. The van der Waals surface area contributed by atoms with Crippen LogP contribution in [0.1, 0.15) is 19.0 Å². The Morgan fingerprint density at radius 1 is 1.21 bits per heavy atom. The number of halogens is 1. The van der Waals surface area contributed by atoms with Gasteiger partial charge in [0.25, 0.3) is 0 Å². The van der Waals surface area contributed by atoms with E-state index in [9.17, 15) is 0 Å². The van der Waals surface area contributed by atoms with E-state index in [-0.39, 0.29) is 24.0 Å². The lowest BCUT2D eigenvalue weighted by molar-refractivity contribution is 0.0195. The minimum Gasteiger partial charge on any atom is -0.379 e. The number of benzene rings is 1. The molecule has 2 aliphatic heterocycles. The number of aromatic nitrogens is 1. The topological polar surface area (TPSA) is 66.1 Å². The van der Waals surface area contributed by atoms with E-state index in [1.807, 2.05) is 36.4 Å². The standard InChI is InChI=1S/C21H29N5O2.HI/c1-2-22-21(26-9-8-19(16-26)25-10-12-27-13-11-25)23-15-18-14-20(28-24-18)17-6-4-3-5-7-17;/h3-7,14,19H,2,8-13,15-16H2,1H3,(H,22,23);1H. The van der Waals surface area contributed by atoms with Gasteiger partial charge in [0.05, 0.1) is 19.8 Å². The number of nitrogens with zero attached hydrogens (tertiary/aromatic N) is 4. The second kappa shape index (κ2) is 10.9. The summed E-state index contributed by atoms with van der Waals surface area (Å²) >= 11 is 0. The molecule has 1 aromatic heterocycles. The smallest absolute Gasteiger partial charge is 0.194 e. The van der Waals surface area contributed by atoms with Crippen molar-refractivity contribution in [3.8, 4) is 11.3 Å². The molecule has 0 bridgehead atoms. The van der Waals surface area contributed by atoms with Crippen molar-refractivity contribution < 1.29 is 9.26 Å². The molecular formula is C21H30IN5O2. The molecule has 4 rings (SSSR count). The first-order valence-electron chi connectivity index (χ1n) is 10.2. The Morgan fingerprint density at radius 3 is 2.76 bits per heavy atom. The van der Waals surface area contributed by atoms with Gasteiger partial charge in [0.1, 0.15) is 5.69 Å². The lowest BCUT2D eigenvalue weighted by Crippen LogP contribution is -2.46. The van der Waals surface area contributed by atoms with Gasteiger partial charge in [-0.1, -0.05) is 35.5 Å². The van der Waals surface area contributed by atoms with Crippen LogP contribution in [0, 0.1) is 0 Å². The van der Waals surface area contributed by atoms with Crippen molar-refractivity contribution in [1.82, 2.24) is 20.3 Å². The number of morpholine rings is 1. The zero-order valence-corrected chi connectivity index (χ0v) is 19.2. The third-order valence-corrected chi connectivity index (χ3v) is 5.37. The highest BCUT2D eigenvalue weighted by Crippen LogP contribution is 2.21. The highest BCUT2D eigenvalue weighted by atomic mass is 127. The van der Waals surface area contributed by atoms with Gasteiger partial charge in [0.2, 0.25) is 0 Å². The SMILES string of the molecule is CCNC(=NCc1cc(-c2ccccc2)on1)N1CCC(N2CCOCC2)C1.I. The van der Waals surface area contributed by atoms with Crippen LogP contribution >= 0.6 is 24.0 Å². The van der Waals surface area contributed by atoms with Crippen molar-refractivity contribution >= 4 is 29.9 Å². The van der Waals surface area contributed by atoms with Crippen LogP contribution in [0.15, 0.2) is 45.9 Å². The van der Waals surface area contributed by atoms with E-state index >= 15 is 0 Å². The summed E-state index contributed by atoms with van der Waals surface area (Å²) in [5, 5.41) is 7.62. The van der Waals surface area contributed by atoms with Crippen LogP contribution in [0.4, 0.5) is 0 Å². The van der Waals surface area contributed by atoms with Gasteiger partial charge in [-0.25, -0.2) is 4.99 Å². The number of guanidine groups is 1. The maximum absolute atomic E-state index is 5.49. The van der Waals surface area contributed by atoms with Crippen LogP contribution in [0.25, 0.3) is 11.3 Å². The lowest BCUT2D eigenvalue weighted by Gasteiger charge is -2.32. The molecule has 29 heavy (non-hydrogen) atoms. The van der Waals surface area contributed by atoms with Crippen LogP contribution in [-0.4, -0.2) is 72.9 Å². The molecule has 0 radical (unpaired) electrons. The lowest BCUT2D eigenvalue weighted by atomic mass is 10.2. The first-order chi connectivity index (χ1) is 13.8. The Bertz CT molecular complexity index is 776. The highest BCUT2D eigenvalue weighted by molar-refractivity contribution is 14.0. The molecule has 7 nitrogen and oxygen atoms in total. The van der Waals surface area contributed by atoms with Gasteiger partial charge in [-0.2, -0.15) is 0 Å². The summed E-state index contributed by atoms with van der Waals surface area (Å²) in [6, 6.07) is 12.6. The minimum atomic E-state index is 0. The fraction of sp³-hybridized carbons (Fsp3) is 0.524. The van der Waals surface area contributed by atoms with Crippen molar-refractivity contribution in [3.63, 3.8) is 0 Å². The summed E-state index contributed by atoms with van der Waals surface area (Å²) in [5.74, 6) is 1.74. The number of nitrogens with one attached hydrogen (secondary N) is 1. The van der Waals surface area contributed by atoms with Gasteiger partial charge >= 0.3 is 0 Å². The molecule has 0 amide bonds. The van der Waals surface area contributed by atoms with Gasteiger partial charge in [0, 0.05) is 50.4 Å². The van der Waals surface area contributed by atoms with E-state index < -0.39 is 0 Å². The monoisotopic (exact) mass is 511 g/mol. The first-order valence-corrected chi connectivity index (χ1v) is 10.2. The van der Waals surface area contributed by atoms with E-state index in [0.717, 1.165) is 68.9 Å². The van der Waals surface area contributed by atoms with Gasteiger partial charge in [0.15, 0.2) is 11.7 Å². The normalized spacial score (nSPS) is 20.5. The van der Waals surface area contributed by atoms with Crippen molar-refractivity contribution in [2.75, 3.05) is 45.9 Å². The Kier molecular flexibility index (Phi) is 8.31. The number of rotatable bonds is 5. The third-order valence-electron chi connectivity index (χ3n) is 5.37. The van der Waals surface area contributed by atoms with Gasteiger partial charge in [-0.05, 0) is 13.3 Å². The zero-order valence-electron chi connectivity index (χ0n) is 16.9. The summed E-state index contributed by atoms with van der Waals surface area (Å²) in [5.41, 5.74) is 1.88. The van der Waals surface area contributed by atoms with Gasteiger partial charge in [-0.3, -0.25) is 4.90 Å². The summed E-state index contributed by atoms with van der Waals surface area (Å²) in [6.07, 6.45) is 1.17. The minimum absolute atomic E-state index is 0. The quantitative estimate of drug-likeness (QED) is 0.379. The van der Waals surface area contributed by atoms with Crippen molar-refractivity contribution in [1.29, 1.82) is 0 Å². The van der Waals surface area contributed by atoms with Gasteiger partial charge < -0.3 is 19.5 Å². The number of aliphatic imine (C=N–C) groups is 1. The fourth-order valence-electron chi connectivity index (χ4n) is 3.88. The van der Waals surface area contributed by atoms with E-state index in [2.05, 4.69) is 27.2 Å². The van der Waals surface area contributed by atoms with Crippen LogP contribution in [0.3, 0.4) is 0 Å². The Labute approximate surface area is 189 Å². The summed E-state index contributed by atoms with van der Waals surface area (Å²) in [7, 11) is 0. The molecule has 0 saturated carbocycles. The molecule has 0 spiro atoms. The molecule has 1 unspecified atom stereocenters. The Morgan fingerprint density at radius 2 is 2.00 bits per heavy atom. The van der Waals surface area contributed by atoms with Crippen molar-refractivity contribution in [2.45, 2.75) is 25.9 Å². The highest BCUT2D eigenvalue weighted by Gasteiger charge is 2.30. The number of hydrogen-bond donors (Lipinski definition) is 1. The molecule has 158 valence electrons. The molecule has 1 aromatic carbocycles. The summed E-state index contributed by atoms with van der Waals surface area (Å²) in [4.78, 5) is 9.73. The first kappa shape index (κ1) is 22.0. The predicted octanol–water partition coefficient (Wildman–Crippen LogP) is 2.83. The fourth-order valence-corrected chi connectivity index (χ4v) is 3.88. The predicted molar refractivity (Wildman–Crippen MR) is 125 cm³/mol. The summed E-state index contributed by atoms with van der Waals surface area (Å²) in [6.45, 7) is 9.28. The zero-order chi connectivity index (χ0) is 19.2. The number of likely N-dealkylation sites (tertiary alicyclic amines) is 1. The van der Waals surface area contributed by atoms with Crippen molar-refractivity contribution in [3.05, 3.63) is 42.1 Å². The molecule has 1 atom stereocenters. The van der Waals surface area contributed by atoms with E-state index in [1.165, 1.54) is 6.42 Å². The Balaban J connectivity index is 0.00000240. The third kappa shape index (κ3) is 5.70. The van der Waals surface area contributed by atoms with Crippen molar-refractivity contribution in [2.24, 2.45) is 4.99 Å². The largest absolute Gasteiger partial charge is 0.379 e. The molecule has 2 aromatic rings. The van der Waals surface area contributed by atoms with Gasteiger partial charge in [-0.15, -0.1) is 24.0 Å². The number of ether oxygens (including phenoxy) is 1. The molecule has 3 heterocycles. The molecule has 2 fully saturated rings. The van der Waals surface area contributed by atoms with Crippen LogP contribution in [0.2, 0.25) is 0 Å². The molecule has 0 aliphatic carbocycles. The number of hydrogen-bond acceptors (Lipinski definition) is 5. The van der Waals surface area contributed by atoms with E-state index in [4.69, 9.17) is 14.3 Å². The van der Waals surface area contributed by atoms with Crippen LogP contribution in [-0.2, 0) is 11.3 Å². The molecule has 8 heteroatoms.